The number of carbonyl (C=O) groups excluding carboxylic acids is 1. The van der Waals surface area contributed by atoms with Crippen molar-refractivity contribution in [2.24, 2.45) is 0 Å². The predicted molar refractivity (Wildman–Crippen MR) is 98.2 cm³/mol. The quantitative estimate of drug-likeness (QED) is 0.732. The lowest BCUT2D eigenvalue weighted by Gasteiger charge is -2.15. The van der Waals surface area contributed by atoms with Crippen molar-refractivity contribution < 1.29 is 4.79 Å². The normalized spacial score (nSPS) is 12.0. The molecule has 1 atom stereocenters. The molecule has 0 radical (unpaired) electrons. The molecule has 1 heterocycles. The molecule has 2 N–H and O–H groups in total. The number of nitrogens with one attached hydrogen (secondary N) is 2. The molecule has 24 heavy (non-hydrogen) atoms. The van der Waals surface area contributed by atoms with E-state index in [0.29, 0.717) is 12.2 Å². The zero-order chi connectivity index (χ0) is 17.4. The second-order valence-corrected chi connectivity index (χ2v) is 6.12. The Morgan fingerprint density at radius 3 is 2.54 bits per heavy atom. The lowest BCUT2D eigenvalue weighted by molar-refractivity contribution is 0.0947. The van der Waals surface area contributed by atoms with E-state index in [2.05, 4.69) is 39.6 Å². The summed E-state index contributed by atoms with van der Waals surface area (Å²) in [5, 5.41) is 6.28. The lowest BCUT2D eigenvalue weighted by Crippen LogP contribution is -2.27. The molecule has 5 nitrogen and oxygen atoms in total. The second-order valence-electron chi connectivity index (χ2n) is 6.12. The van der Waals surface area contributed by atoms with Gasteiger partial charge in [-0.25, -0.2) is 4.98 Å². The van der Waals surface area contributed by atoms with Crippen LogP contribution in [-0.4, -0.2) is 43.0 Å². The van der Waals surface area contributed by atoms with E-state index in [0.717, 1.165) is 18.7 Å². The number of anilines is 1. The Hall–Kier alpha value is -2.40. The van der Waals surface area contributed by atoms with Crippen LogP contribution in [0.25, 0.3) is 0 Å². The molecule has 0 saturated carbocycles. The SMILES string of the molecule is CC(Nc1ccc(C(=O)NCCCN(C)C)nc1)c1ccccc1. The molecule has 0 aliphatic carbocycles. The Labute approximate surface area is 144 Å². The van der Waals surface area contributed by atoms with Gasteiger partial charge < -0.3 is 15.5 Å². The van der Waals surface area contributed by atoms with Gasteiger partial charge in [-0.3, -0.25) is 4.79 Å². The van der Waals surface area contributed by atoms with Gasteiger partial charge in [-0.05, 0) is 51.7 Å². The molecule has 1 aromatic carbocycles. The smallest absolute Gasteiger partial charge is 0.269 e. The number of pyridine rings is 1. The fraction of sp³-hybridized carbons (Fsp3) is 0.368. The van der Waals surface area contributed by atoms with Crippen molar-refractivity contribution >= 4 is 11.6 Å². The summed E-state index contributed by atoms with van der Waals surface area (Å²) in [6.07, 6.45) is 2.63. The van der Waals surface area contributed by atoms with Gasteiger partial charge >= 0.3 is 0 Å². The zero-order valence-corrected chi connectivity index (χ0v) is 14.6. The first-order valence-electron chi connectivity index (χ1n) is 8.26. The number of rotatable bonds is 8. The van der Waals surface area contributed by atoms with Gasteiger partial charge in [0.2, 0.25) is 0 Å². The van der Waals surface area contributed by atoms with Crippen LogP contribution in [0.1, 0.15) is 35.4 Å². The van der Waals surface area contributed by atoms with E-state index in [-0.39, 0.29) is 11.9 Å². The predicted octanol–water partition coefficient (Wildman–Crippen LogP) is 2.94. The molecule has 1 aromatic heterocycles. The first-order chi connectivity index (χ1) is 11.6. The molecule has 5 heteroatoms. The first-order valence-corrected chi connectivity index (χ1v) is 8.26. The summed E-state index contributed by atoms with van der Waals surface area (Å²) in [7, 11) is 4.04. The van der Waals surface area contributed by atoms with Gasteiger partial charge in [-0.2, -0.15) is 0 Å². The molecular formula is C19H26N4O. The number of hydrogen-bond donors (Lipinski definition) is 2. The Kier molecular flexibility index (Phi) is 6.75. The molecule has 0 saturated heterocycles. The van der Waals surface area contributed by atoms with Gasteiger partial charge in [-0.1, -0.05) is 30.3 Å². The van der Waals surface area contributed by atoms with Crippen LogP contribution < -0.4 is 10.6 Å². The minimum Gasteiger partial charge on any atom is -0.377 e. The van der Waals surface area contributed by atoms with Crippen molar-refractivity contribution in [2.45, 2.75) is 19.4 Å². The fourth-order valence-electron chi connectivity index (χ4n) is 2.38. The molecule has 2 rings (SSSR count). The van der Waals surface area contributed by atoms with E-state index < -0.39 is 0 Å². The Morgan fingerprint density at radius 2 is 1.92 bits per heavy atom. The Morgan fingerprint density at radius 1 is 1.17 bits per heavy atom. The number of aromatic nitrogens is 1. The van der Waals surface area contributed by atoms with Crippen LogP contribution in [0.2, 0.25) is 0 Å². The third kappa shape index (κ3) is 5.66. The highest BCUT2D eigenvalue weighted by Crippen LogP contribution is 2.18. The second kappa shape index (κ2) is 9.03. The molecule has 0 aliphatic heterocycles. The van der Waals surface area contributed by atoms with Gasteiger partial charge in [0, 0.05) is 12.6 Å². The van der Waals surface area contributed by atoms with Crippen molar-refractivity contribution in [3.63, 3.8) is 0 Å². The number of carbonyl (C=O) groups is 1. The molecular weight excluding hydrogens is 300 g/mol. The minimum absolute atomic E-state index is 0.128. The van der Waals surface area contributed by atoms with Crippen LogP contribution in [-0.2, 0) is 0 Å². The maximum absolute atomic E-state index is 12.0. The largest absolute Gasteiger partial charge is 0.377 e. The van der Waals surface area contributed by atoms with Crippen molar-refractivity contribution in [1.29, 1.82) is 0 Å². The topological polar surface area (TPSA) is 57.3 Å². The van der Waals surface area contributed by atoms with Gasteiger partial charge in [0.15, 0.2) is 0 Å². The summed E-state index contributed by atoms with van der Waals surface area (Å²) in [4.78, 5) is 18.4. The summed E-state index contributed by atoms with van der Waals surface area (Å²) in [6.45, 7) is 3.71. The number of hydrogen-bond acceptors (Lipinski definition) is 4. The van der Waals surface area contributed by atoms with Crippen molar-refractivity contribution in [3.8, 4) is 0 Å². The highest BCUT2D eigenvalue weighted by Gasteiger charge is 2.08. The zero-order valence-electron chi connectivity index (χ0n) is 14.6. The van der Waals surface area contributed by atoms with E-state index in [1.54, 1.807) is 12.3 Å². The third-order valence-electron chi connectivity index (χ3n) is 3.75. The number of amides is 1. The van der Waals surface area contributed by atoms with Crippen molar-refractivity contribution in [3.05, 3.63) is 59.9 Å². The number of nitrogens with zero attached hydrogens (tertiary/aromatic N) is 2. The molecule has 0 aliphatic rings. The lowest BCUT2D eigenvalue weighted by atomic mass is 10.1. The van der Waals surface area contributed by atoms with Crippen LogP contribution in [0, 0.1) is 0 Å². The Bertz CT molecular complexity index is 626. The van der Waals surface area contributed by atoms with Crippen LogP contribution in [0.4, 0.5) is 5.69 Å². The highest BCUT2D eigenvalue weighted by atomic mass is 16.1. The third-order valence-corrected chi connectivity index (χ3v) is 3.75. The van der Waals surface area contributed by atoms with E-state index >= 15 is 0 Å². The van der Waals surface area contributed by atoms with Crippen LogP contribution in [0.5, 0.6) is 0 Å². The van der Waals surface area contributed by atoms with E-state index in [9.17, 15) is 4.79 Å². The molecule has 1 amide bonds. The summed E-state index contributed by atoms with van der Waals surface area (Å²) in [6, 6.07) is 14.0. The summed E-state index contributed by atoms with van der Waals surface area (Å²) in [5.41, 5.74) is 2.55. The van der Waals surface area contributed by atoms with Crippen molar-refractivity contribution in [1.82, 2.24) is 15.2 Å². The maximum Gasteiger partial charge on any atom is 0.269 e. The van der Waals surface area contributed by atoms with Gasteiger partial charge in [-0.15, -0.1) is 0 Å². The number of benzene rings is 1. The highest BCUT2D eigenvalue weighted by molar-refractivity contribution is 5.92. The summed E-state index contributed by atoms with van der Waals surface area (Å²) >= 11 is 0. The average Bonchev–Trinajstić information content (AvgIpc) is 2.59. The van der Waals surface area contributed by atoms with E-state index in [4.69, 9.17) is 0 Å². The first kappa shape index (κ1) is 17.9. The molecule has 0 spiro atoms. The molecule has 0 bridgehead atoms. The van der Waals surface area contributed by atoms with Crippen LogP contribution >= 0.6 is 0 Å². The van der Waals surface area contributed by atoms with Crippen LogP contribution in [0.15, 0.2) is 48.7 Å². The summed E-state index contributed by atoms with van der Waals surface area (Å²) in [5.74, 6) is -0.128. The maximum atomic E-state index is 12.0. The monoisotopic (exact) mass is 326 g/mol. The molecule has 1 unspecified atom stereocenters. The van der Waals surface area contributed by atoms with Gasteiger partial charge in [0.25, 0.3) is 5.91 Å². The fourth-order valence-corrected chi connectivity index (χ4v) is 2.38. The molecule has 2 aromatic rings. The standard InChI is InChI=1S/C19H26N4O/c1-15(16-8-5-4-6-9-16)22-17-10-11-18(21-14-17)19(24)20-12-7-13-23(2)3/h4-6,8-11,14-15,22H,7,12-13H2,1-3H3,(H,20,24). The molecule has 0 fully saturated rings. The van der Waals surface area contributed by atoms with Gasteiger partial charge in [0.05, 0.1) is 11.9 Å². The summed E-state index contributed by atoms with van der Waals surface area (Å²) < 4.78 is 0. The Balaban J connectivity index is 1.85. The van der Waals surface area contributed by atoms with Crippen molar-refractivity contribution in [2.75, 3.05) is 32.5 Å². The van der Waals surface area contributed by atoms with Gasteiger partial charge in [0.1, 0.15) is 5.69 Å². The van der Waals surface area contributed by atoms with Crippen LogP contribution in [0.3, 0.4) is 0 Å². The van der Waals surface area contributed by atoms with E-state index in [1.165, 1.54) is 5.56 Å². The van der Waals surface area contributed by atoms with E-state index in [1.807, 2.05) is 38.4 Å². The average molecular weight is 326 g/mol. The minimum atomic E-state index is -0.128. The molecule has 128 valence electrons.